The van der Waals surface area contributed by atoms with Gasteiger partial charge in [0.1, 0.15) is 5.75 Å². The summed E-state index contributed by atoms with van der Waals surface area (Å²) in [5.74, 6) is -0.502. The van der Waals surface area contributed by atoms with E-state index in [2.05, 4.69) is 0 Å². The van der Waals surface area contributed by atoms with E-state index < -0.39 is 5.97 Å². The van der Waals surface area contributed by atoms with Gasteiger partial charge in [0.15, 0.2) is 0 Å². The highest BCUT2D eigenvalue weighted by Gasteiger charge is 2.14. The lowest BCUT2D eigenvalue weighted by molar-refractivity contribution is -0.130. The zero-order valence-electron chi connectivity index (χ0n) is 10.8. The largest absolute Gasteiger partial charge is 0.496 e. The van der Waals surface area contributed by atoms with E-state index in [0.29, 0.717) is 16.3 Å². The van der Waals surface area contributed by atoms with Gasteiger partial charge in [0, 0.05) is 10.6 Å². The number of rotatable bonds is 4. The van der Waals surface area contributed by atoms with Gasteiger partial charge >= 0.3 is 5.97 Å². The number of hydrogen-bond donors (Lipinski definition) is 1. The predicted octanol–water partition coefficient (Wildman–Crippen LogP) is 3.97. The monoisotopic (exact) mass is 288 g/mol. The van der Waals surface area contributed by atoms with Crippen LogP contribution in [0.2, 0.25) is 5.02 Å². The van der Waals surface area contributed by atoms with Crippen LogP contribution in [0, 0.1) is 0 Å². The van der Waals surface area contributed by atoms with Crippen LogP contribution in [0.1, 0.15) is 11.1 Å². The van der Waals surface area contributed by atoms with Gasteiger partial charge in [-0.15, -0.1) is 0 Å². The van der Waals surface area contributed by atoms with E-state index in [0.717, 1.165) is 5.56 Å². The lowest BCUT2D eigenvalue weighted by Crippen LogP contribution is -2.01. The van der Waals surface area contributed by atoms with Crippen molar-refractivity contribution in [1.29, 1.82) is 0 Å². The number of aliphatic carboxylic acids is 1. The SMILES string of the molecule is COc1ccccc1/C(=C\c1cccc(Cl)c1)C(=O)O. The maximum atomic E-state index is 11.5. The molecule has 0 aliphatic rings. The van der Waals surface area contributed by atoms with Crippen LogP contribution >= 0.6 is 11.6 Å². The van der Waals surface area contributed by atoms with Crippen molar-refractivity contribution in [3.63, 3.8) is 0 Å². The van der Waals surface area contributed by atoms with Crippen molar-refractivity contribution in [2.75, 3.05) is 7.11 Å². The number of hydrogen-bond acceptors (Lipinski definition) is 2. The summed E-state index contributed by atoms with van der Waals surface area (Å²) in [5, 5.41) is 9.98. The lowest BCUT2D eigenvalue weighted by atomic mass is 10.0. The molecule has 4 heteroatoms. The Morgan fingerprint density at radius 3 is 2.60 bits per heavy atom. The predicted molar refractivity (Wildman–Crippen MR) is 80.0 cm³/mol. The Kier molecular flexibility index (Phi) is 4.43. The molecule has 102 valence electrons. The molecule has 2 aromatic rings. The minimum Gasteiger partial charge on any atom is -0.496 e. The Balaban J connectivity index is 2.54. The van der Waals surface area contributed by atoms with Crippen LogP contribution in [0.15, 0.2) is 48.5 Å². The van der Waals surface area contributed by atoms with Gasteiger partial charge in [-0.2, -0.15) is 0 Å². The second-order valence-electron chi connectivity index (χ2n) is 4.12. The van der Waals surface area contributed by atoms with E-state index >= 15 is 0 Å². The van der Waals surface area contributed by atoms with Gasteiger partial charge in [-0.1, -0.05) is 41.9 Å². The molecular formula is C16H13ClO3. The first-order chi connectivity index (χ1) is 9.61. The van der Waals surface area contributed by atoms with Gasteiger partial charge in [0.05, 0.1) is 12.7 Å². The maximum absolute atomic E-state index is 11.5. The molecule has 0 aromatic heterocycles. The molecule has 20 heavy (non-hydrogen) atoms. The molecule has 0 aliphatic carbocycles. The van der Waals surface area contributed by atoms with E-state index in [1.54, 1.807) is 54.6 Å². The van der Waals surface area contributed by atoms with Crippen LogP contribution in [0.3, 0.4) is 0 Å². The Hall–Kier alpha value is -2.26. The summed E-state index contributed by atoms with van der Waals surface area (Å²) in [4.78, 5) is 11.5. The van der Waals surface area contributed by atoms with Crippen molar-refractivity contribution in [3.05, 3.63) is 64.7 Å². The molecule has 2 aromatic carbocycles. The summed E-state index contributed by atoms with van der Waals surface area (Å²) in [6, 6.07) is 14.0. The minimum absolute atomic E-state index is 0.157. The lowest BCUT2D eigenvalue weighted by Gasteiger charge is -2.09. The topological polar surface area (TPSA) is 46.5 Å². The highest BCUT2D eigenvalue weighted by atomic mass is 35.5. The van der Waals surface area contributed by atoms with Gasteiger partial charge < -0.3 is 9.84 Å². The van der Waals surface area contributed by atoms with Gasteiger partial charge in [-0.3, -0.25) is 0 Å². The number of ether oxygens (including phenoxy) is 1. The average molecular weight is 289 g/mol. The number of carboxylic acid groups (broad SMARTS) is 1. The van der Waals surface area contributed by atoms with Crippen LogP contribution in [-0.2, 0) is 4.79 Å². The number of methoxy groups -OCH3 is 1. The normalized spacial score (nSPS) is 11.2. The number of benzene rings is 2. The van der Waals surface area contributed by atoms with Crippen molar-refractivity contribution in [2.45, 2.75) is 0 Å². The Morgan fingerprint density at radius 2 is 1.95 bits per heavy atom. The van der Waals surface area contributed by atoms with Crippen molar-refractivity contribution in [3.8, 4) is 5.75 Å². The van der Waals surface area contributed by atoms with E-state index in [4.69, 9.17) is 16.3 Å². The Morgan fingerprint density at radius 1 is 1.20 bits per heavy atom. The second-order valence-corrected chi connectivity index (χ2v) is 4.55. The van der Waals surface area contributed by atoms with Crippen molar-refractivity contribution < 1.29 is 14.6 Å². The fraction of sp³-hybridized carbons (Fsp3) is 0.0625. The highest BCUT2D eigenvalue weighted by molar-refractivity contribution is 6.30. The minimum atomic E-state index is -1.02. The van der Waals surface area contributed by atoms with E-state index in [1.165, 1.54) is 7.11 Å². The average Bonchev–Trinajstić information content (AvgIpc) is 2.44. The molecule has 0 amide bonds. The molecule has 0 fully saturated rings. The Bertz CT molecular complexity index is 662. The summed E-state index contributed by atoms with van der Waals surface area (Å²) in [7, 11) is 1.51. The number of halogens is 1. The smallest absolute Gasteiger partial charge is 0.336 e. The molecule has 0 spiro atoms. The molecule has 1 N–H and O–H groups in total. The maximum Gasteiger partial charge on any atom is 0.336 e. The van der Waals surface area contributed by atoms with E-state index in [-0.39, 0.29) is 5.57 Å². The molecular weight excluding hydrogens is 276 g/mol. The molecule has 0 bridgehead atoms. The fourth-order valence-electron chi connectivity index (χ4n) is 1.88. The van der Waals surface area contributed by atoms with Crippen LogP contribution in [0.4, 0.5) is 0 Å². The van der Waals surface area contributed by atoms with Gasteiger partial charge in [-0.25, -0.2) is 4.79 Å². The molecule has 0 radical (unpaired) electrons. The third kappa shape index (κ3) is 3.19. The van der Waals surface area contributed by atoms with Gasteiger partial charge in [-0.05, 0) is 29.8 Å². The summed E-state index contributed by atoms with van der Waals surface area (Å²) in [6.07, 6.45) is 1.58. The molecule has 0 unspecified atom stereocenters. The first-order valence-corrected chi connectivity index (χ1v) is 6.33. The number of para-hydroxylation sites is 1. The zero-order valence-corrected chi connectivity index (χ0v) is 11.6. The van der Waals surface area contributed by atoms with Crippen LogP contribution in [0.25, 0.3) is 11.6 Å². The first-order valence-electron chi connectivity index (χ1n) is 5.96. The van der Waals surface area contributed by atoms with Crippen LogP contribution in [0.5, 0.6) is 5.75 Å². The standard InChI is InChI=1S/C16H13ClO3/c1-20-15-8-3-2-7-13(15)14(16(18)19)10-11-5-4-6-12(17)9-11/h2-10H,1H3,(H,18,19)/b14-10+. The quantitative estimate of drug-likeness (QED) is 0.684. The third-order valence-corrected chi connectivity index (χ3v) is 3.02. The van der Waals surface area contributed by atoms with Crippen LogP contribution < -0.4 is 4.74 Å². The molecule has 0 saturated carbocycles. The molecule has 0 heterocycles. The fourth-order valence-corrected chi connectivity index (χ4v) is 2.08. The molecule has 0 saturated heterocycles. The number of carbonyl (C=O) groups is 1. The molecule has 3 nitrogen and oxygen atoms in total. The van der Waals surface area contributed by atoms with E-state index in [1.807, 2.05) is 0 Å². The van der Waals surface area contributed by atoms with Crippen molar-refractivity contribution in [1.82, 2.24) is 0 Å². The summed E-state index contributed by atoms with van der Waals surface area (Å²) in [6.45, 7) is 0. The van der Waals surface area contributed by atoms with Gasteiger partial charge in [0.25, 0.3) is 0 Å². The first kappa shape index (κ1) is 14.2. The summed E-state index contributed by atoms with van der Waals surface area (Å²) < 4.78 is 5.21. The van der Waals surface area contributed by atoms with Crippen molar-refractivity contribution >= 4 is 29.2 Å². The summed E-state index contributed by atoms with van der Waals surface area (Å²) >= 11 is 5.91. The molecule has 2 rings (SSSR count). The van der Waals surface area contributed by atoms with E-state index in [9.17, 15) is 9.90 Å². The molecule has 0 atom stereocenters. The highest BCUT2D eigenvalue weighted by Crippen LogP contribution is 2.28. The molecule has 0 aliphatic heterocycles. The Labute approximate surface area is 122 Å². The zero-order chi connectivity index (χ0) is 14.5. The third-order valence-electron chi connectivity index (χ3n) is 2.79. The van der Waals surface area contributed by atoms with Crippen LogP contribution in [-0.4, -0.2) is 18.2 Å². The number of carboxylic acids is 1. The van der Waals surface area contributed by atoms with Crippen molar-refractivity contribution in [2.24, 2.45) is 0 Å². The second kappa shape index (κ2) is 6.26. The summed E-state index contributed by atoms with van der Waals surface area (Å²) in [5.41, 5.74) is 1.41. The van der Waals surface area contributed by atoms with Gasteiger partial charge in [0.2, 0.25) is 0 Å².